The van der Waals surface area contributed by atoms with Crippen molar-refractivity contribution in [3.63, 3.8) is 0 Å². The fraction of sp³-hybridized carbons (Fsp3) is 0.400. The van der Waals surface area contributed by atoms with Crippen molar-refractivity contribution in [3.8, 4) is 11.3 Å². The second kappa shape index (κ2) is 6.95. The third-order valence-corrected chi connectivity index (χ3v) is 4.62. The lowest BCUT2D eigenvalue weighted by Crippen LogP contribution is -2.27. The van der Waals surface area contributed by atoms with Gasteiger partial charge in [-0.1, -0.05) is 0 Å². The maximum atomic E-state index is 11.5. The van der Waals surface area contributed by atoms with Crippen LogP contribution in [0.2, 0.25) is 0 Å². The molecule has 116 valence electrons. The number of aromatic nitrogens is 2. The van der Waals surface area contributed by atoms with Gasteiger partial charge >= 0.3 is 5.97 Å². The van der Waals surface area contributed by atoms with Crippen LogP contribution in [0.15, 0.2) is 24.5 Å². The van der Waals surface area contributed by atoms with Crippen LogP contribution in [0.25, 0.3) is 11.3 Å². The molecule has 0 spiro atoms. The number of pyridine rings is 1. The van der Waals surface area contributed by atoms with Crippen LogP contribution in [0.4, 0.5) is 0 Å². The molecule has 3 heterocycles. The lowest BCUT2D eigenvalue weighted by molar-refractivity contribution is 0.0702. The Balaban J connectivity index is 1.85. The smallest absolute Gasteiger partial charge is 0.348 e. The van der Waals surface area contributed by atoms with E-state index in [1.165, 1.54) is 11.3 Å². The van der Waals surface area contributed by atoms with Crippen LogP contribution in [0.3, 0.4) is 0 Å². The van der Waals surface area contributed by atoms with E-state index in [1.54, 1.807) is 18.5 Å². The average Bonchev–Trinajstić information content (AvgIpc) is 2.78. The third-order valence-electron chi connectivity index (χ3n) is 3.59. The fourth-order valence-electron chi connectivity index (χ4n) is 2.53. The van der Waals surface area contributed by atoms with Crippen molar-refractivity contribution in [2.75, 3.05) is 26.2 Å². The van der Waals surface area contributed by atoms with Gasteiger partial charge in [-0.05, 0) is 31.6 Å². The van der Waals surface area contributed by atoms with Gasteiger partial charge < -0.3 is 10.4 Å². The molecule has 0 atom stereocenters. The first-order valence-electron chi connectivity index (χ1n) is 7.30. The first-order chi connectivity index (χ1) is 10.7. The Bertz CT molecular complexity index is 636. The summed E-state index contributed by atoms with van der Waals surface area (Å²) in [5.74, 6) is -0.930. The number of carboxylic acids is 1. The van der Waals surface area contributed by atoms with Gasteiger partial charge in [0.05, 0.1) is 12.2 Å². The van der Waals surface area contributed by atoms with E-state index in [-0.39, 0.29) is 4.88 Å². The highest BCUT2D eigenvalue weighted by Gasteiger charge is 2.20. The van der Waals surface area contributed by atoms with Gasteiger partial charge in [-0.15, -0.1) is 11.3 Å². The van der Waals surface area contributed by atoms with Gasteiger partial charge in [0.15, 0.2) is 0 Å². The Morgan fingerprint density at radius 3 is 3.09 bits per heavy atom. The van der Waals surface area contributed by atoms with Gasteiger partial charge in [0.1, 0.15) is 9.88 Å². The molecular formula is C15H18N4O2S. The molecule has 2 aromatic rings. The zero-order valence-corrected chi connectivity index (χ0v) is 13.0. The number of hydrogen-bond donors (Lipinski definition) is 2. The minimum absolute atomic E-state index is 0.288. The molecule has 0 aliphatic carbocycles. The van der Waals surface area contributed by atoms with E-state index in [4.69, 9.17) is 0 Å². The zero-order chi connectivity index (χ0) is 15.4. The second-order valence-corrected chi connectivity index (χ2v) is 6.30. The molecule has 0 bridgehead atoms. The highest BCUT2D eigenvalue weighted by atomic mass is 32.1. The van der Waals surface area contributed by atoms with Gasteiger partial charge in [0.2, 0.25) is 0 Å². The molecule has 7 heteroatoms. The van der Waals surface area contributed by atoms with Gasteiger partial charge in [-0.3, -0.25) is 9.88 Å². The van der Waals surface area contributed by atoms with Gasteiger partial charge in [0, 0.05) is 31.0 Å². The summed E-state index contributed by atoms with van der Waals surface area (Å²) in [4.78, 5) is 22.7. The molecule has 0 saturated carbocycles. The van der Waals surface area contributed by atoms with Crippen molar-refractivity contribution >= 4 is 17.3 Å². The van der Waals surface area contributed by atoms with Crippen LogP contribution in [-0.4, -0.2) is 52.1 Å². The lowest BCUT2D eigenvalue weighted by Gasteiger charge is -2.17. The van der Waals surface area contributed by atoms with Crippen molar-refractivity contribution in [1.29, 1.82) is 0 Å². The van der Waals surface area contributed by atoms with E-state index in [1.807, 2.05) is 6.07 Å². The molecule has 0 unspecified atom stereocenters. The molecule has 2 aromatic heterocycles. The Morgan fingerprint density at radius 2 is 2.32 bits per heavy atom. The number of nitrogens with one attached hydrogen (secondary N) is 1. The standard InChI is InChI=1S/C15H18N4O2S/c20-15(21)14-13(11-3-1-4-17-9-11)18-12(22-14)10-19-7-2-5-16-6-8-19/h1,3-4,9,16H,2,5-8,10H2,(H,20,21). The quantitative estimate of drug-likeness (QED) is 0.893. The molecule has 0 amide bonds. The van der Waals surface area contributed by atoms with Gasteiger partial charge in [0.25, 0.3) is 0 Å². The van der Waals surface area contributed by atoms with E-state index in [2.05, 4.69) is 20.2 Å². The first kappa shape index (κ1) is 15.1. The van der Waals surface area contributed by atoms with Crippen LogP contribution in [0.1, 0.15) is 21.1 Å². The molecule has 3 rings (SSSR count). The van der Waals surface area contributed by atoms with Crippen molar-refractivity contribution < 1.29 is 9.90 Å². The van der Waals surface area contributed by atoms with E-state index < -0.39 is 5.97 Å². The maximum Gasteiger partial charge on any atom is 0.348 e. The predicted molar refractivity (Wildman–Crippen MR) is 85.1 cm³/mol. The van der Waals surface area contributed by atoms with Crippen LogP contribution in [-0.2, 0) is 6.54 Å². The molecule has 2 N–H and O–H groups in total. The van der Waals surface area contributed by atoms with Gasteiger partial charge in [-0.25, -0.2) is 9.78 Å². The normalized spacial score (nSPS) is 16.4. The SMILES string of the molecule is O=C(O)c1sc(CN2CCCNCC2)nc1-c1cccnc1. The van der Waals surface area contributed by atoms with E-state index >= 15 is 0 Å². The number of carbonyl (C=O) groups is 1. The van der Waals surface area contributed by atoms with E-state index in [0.717, 1.165) is 43.2 Å². The molecule has 6 nitrogen and oxygen atoms in total. The van der Waals surface area contributed by atoms with E-state index in [9.17, 15) is 9.90 Å². The maximum absolute atomic E-state index is 11.5. The average molecular weight is 318 g/mol. The minimum atomic E-state index is -0.930. The summed E-state index contributed by atoms with van der Waals surface area (Å²) in [6.45, 7) is 4.68. The molecule has 1 aliphatic heterocycles. The summed E-state index contributed by atoms with van der Waals surface area (Å²) in [7, 11) is 0. The first-order valence-corrected chi connectivity index (χ1v) is 8.12. The molecule has 22 heavy (non-hydrogen) atoms. The number of aromatic carboxylic acids is 1. The summed E-state index contributed by atoms with van der Waals surface area (Å²) in [5, 5.41) is 13.6. The highest BCUT2D eigenvalue weighted by molar-refractivity contribution is 7.14. The second-order valence-electron chi connectivity index (χ2n) is 5.21. The largest absolute Gasteiger partial charge is 0.477 e. The highest BCUT2D eigenvalue weighted by Crippen LogP contribution is 2.28. The lowest BCUT2D eigenvalue weighted by atomic mass is 10.2. The monoisotopic (exact) mass is 318 g/mol. The van der Waals surface area contributed by atoms with Crippen LogP contribution < -0.4 is 5.32 Å². The number of nitrogens with zero attached hydrogens (tertiary/aromatic N) is 3. The molecule has 1 aliphatic rings. The van der Waals surface area contributed by atoms with Crippen molar-refractivity contribution in [3.05, 3.63) is 34.4 Å². The Labute approximate surface area is 132 Å². The number of thiazole rings is 1. The predicted octanol–water partition coefficient (Wildman–Crippen LogP) is 1.70. The third kappa shape index (κ3) is 3.49. The summed E-state index contributed by atoms with van der Waals surface area (Å²) >= 11 is 1.26. The van der Waals surface area contributed by atoms with Crippen molar-refractivity contribution in [2.45, 2.75) is 13.0 Å². The van der Waals surface area contributed by atoms with Crippen LogP contribution >= 0.6 is 11.3 Å². The summed E-state index contributed by atoms with van der Waals surface area (Å²) in [5.41, 5.74) is 1.27. The Hall–Kier alpha value is -1.83. The summed E-state index contributed by atoms with van der Waals surface area (Å²) in [6.07, 6.45) is 4.43. The topological polar surface area (TPSA) is 78.4 Å². The molecule has 1 fully saturated rings. The van der Waals surface area contributed by atoms with Crippen LogP contribution in [0, 0.1) is 0 Å². The number of carboxylic acid groups (broad SMARTS) is 1. The molecule has 1 saturated heterocycles. The van der Waals surface area contributed by atoms with Crippen molar-refractivity contribution in [1.82, 2.24) is 20.2 Å². The van der Waals surface area contributed by atoms with Crippen molar-refractivity contribution in [2.24, 2.45) is 0 Å². The minimum Gasteiger partial charge on any atom is -0.477 e. The van der Waals surface area contributed by atoms with Crippen LogP contribution in [0.5, 0.6) is 0 Å². The Morgan fingerprint density at radius 1 is 1.41 bits per heavy atom. The summed E-state index contributed by atoms with van der Waals surface area (Å²) < 4.78 is 0. The molecule has 0 radical (unpaired) electrons. The van der Waals surface area contributed by atoms with Gasteiger partial charge in [-0.2, -0.15) is 0 Å². The Kier molecular flexibility index (Phi) is 4.77. The fourth-order valence-corrected chi connectivity index (χ4v) is 3.49. The number of rotatable bonds is 4. The molecule has 0 aromatic carbocycles. The number of hydrogen-bond acceptors (Lipinski definition) is 6. The summed E-state index contributed by atoms with van der Waals surface area (Å²) in [6, 6.07) is 3.63. The zero-order valence-electron chi connectivity index (χ0n) is 12.2. The molecular weight excluding hydrogens is 300 g/mol. The van der Waals surface area contributed by atoms with E-state index in [0.29, 0.717) is 12.2 Å².